The van der Waals surface area contributed by atoms with Crippen molar-refractivity contribution in [2.45, 2.75) is 19.4 Å². The number of hydrogen-bond donors (Lipinski definition) is 1. The van der Waals surface area contributed by atoms with Gasteiger partial charge in [0.25, 0.3) is 0 Å². The van der Waals surface area contributed by atoms with Crippen molar-refractivity contribution in [1.82, 2.24) is 4.90 Å². The van der Waals surface area contributed by atoms with E-state index < -0.39 is 12.0 Å². The second-order valence-electron chi connectivity index (χ2n) is 4.29. The van der Waals surface area contributed by atoms with Crippen molar-refractivity contribution in [2.75, 3.05) is 20.8 Å². The SMILES string of the molecule is CCCN(C=O)C(C(=O)O)c1ccc(OC)c(OC)c1Cl. The smallest absolute Gasteiger partial charge is 0.331 e. The van der Waals surface area contributed by atoms with Crippen molar-refractivity contribution in [1.29, 1.82) is 0 Å². The number of carbonyl (C=O) groups excluding carboxylic acids is 1. The van der Waals surface area contributed by atoms with E-state index in [1.807, 2.05) is 6.92 Å². The lowest BCUT2D eigenvalue weighted by Crippen LogP contribution is -2.34. The summed E-state index contributed by atoms with van der Waals surface area (Å²) in [6.45, 7) is 2.16. The molecule has 6 nitrogen and oxygen atoms in total. The van der Waals surface area contributed by atoms with E-state index in [4.69, 9.17) is 21.1 Å². The molecule has 0 aliphatic heterocycles. The van der Waals surface area contributed by atoms with E-state index in [0.29, 0.717) is 25.1 Å². The van der Waals surface area contributed by atoms with Gasteiger partial charge in [-0.3, -0.25) is 4.79 Å². The van der Waals surface area contributed by atoms with Gasteiger partial charge in [0.2, 0.25) is 6.41 Å². The van der Waals surface area contributed by atoms with Gasteiger partial charge in [0, 0.05) is 12.1 Å². The summed E-state index contributed by atoms with van der Waals surface area (Å²) in [6, 6.07) is 1.91. The van der Waals surface area contributed by atoms with Crippen LogP contribution in [0.5, 0.6) is 11.5 Å². The Hall–Kier alpha value is -1.95. The fourth-order valence-corrected chi connectivity index (χ4v) is 2.41. The maximum Gasteiger partial charge on any atom is 0.331 e. The summed E-state index contributed by atoms with van der Waals surface area (Å²) in [6.07, 6.45) is 1.14. The molecule has 1 rings (SSSR count). The van der Waals surface area contributed by atoms with Gasteiger partial charge in [-0.15, -0.1) is 0 Å². The molecule has 7 heteroatoms. The van der Waals surface area contributed by atoms with Gasteiger partial charge in [0.15, 0.2) is 17.5 Å². The van der Waals surface area contributed by atoms with Crippen LogP contribution in [0.2, 0.25) is 5.02 Å². The van der Waals surface area contributed by atoms with Crippen LogP contribution < -0.4 is 9.47 Å². The molecular formula is C14H18ClNO5. The van der Waals surface area contributed by atoms with Crippen LogP contribution in [-0.4, -0.2) is 43.2 Å². The molecule has 21 heavy (non-hydrogen) atoms. The molecule has 0 radical (unpaired) electrons. The van der Waals surface area contributed by atoms with Gasteiger partial charge >= 0.3 is 5.97 Å². The summed E-state index contributed by atoms with van der Waals surface area (Å²) < 4.78 is 10.3. The lowest BCUT2D eigenvalue weighted by Gasteiger charge is -2.26. The van der Waals surface area contributed by atoms with Gasteiger partial charge in [-0.05, 0) is 12.5 Å². The van der Waals surface area contributed by atoms with Crippen LogP contribution in [0.25, 0.3) is 0 Å². The monoisotopic (exact) mass is 315 g/mol. The van der Waals surface area contributed by atoms with E-state index in [0.717, 1.165) is 0 Å². The summed E-state index contributed by atoms with van der Waals surface area (Å²) in [4.78, 5) is 23.9. The van der Waals surface area contributed by atoms with Crippen LogP contribution in [0.4, 0.5) is 0 Å². The zero-order valence-corrected chi connectivity index (χ0v) is 12.9. The number of carbonyl (C=O) groups is 2. The van der Waals surface area contributed by atoms with Crippen molar-refractivity contribution < 1.29 is 24.2 Å². The molecule has 1 N–H and O–H groups in total. The molecule has 1 unspecified atom stereocenters. The van der Waals surface area contributed by atoms with E-state index in [-0.39, 0.29) is 16.3 Å². The van der Waals surface area contributed by atoms with E-state index in [1.165, 1.54) is 25.2 Å². The summed E-state index contributed by atoms with van der Waals surface area (Å²) in [5.74, 6) is -0.529. The first kappa shape index (κ1) is 17.1. The van der Waals surface area contributed by atoms with Gasteiger partial charge in [0.05, 0.1) is 19.2 Å². The molecule has 0 saturated carbocycles. The minimum atomic E-state index is -1.17. The molecule has 116 valence electrons. The Morgan fingerprint density at radius 2 is 2.10 bits per heavy atom. The zero-order valence-electron chi connectivity index (χ0n) is 12.1. The molecule has 0 bridgehead atoms. The van der Waals surface area contributed by atoms with E-state index in [2.05, 4.69) is 0 Å². The van der Waals surface area contributed by atoms with Crippen molar-refractivity contribution in [3.05, 3.63) is 22.7 Å². The quantitative estimate of drug-likeness (QED) is 0.745. The Labute approximate surface area is 128 Å². The molecule has 1 aromatic carbocycles. The Kier molecular flexibility index (Phi) is 6.30. The van der Waals surface area contributed by atoms with E-state index in [1.54, 1.807) is 6.07 Å². The summed E-state index contributed by atoms with van der Waals surface area (Å²) in [5, 5.41) is 9.56. The van der Waals surface area contributed by atoms with Crippen molar-refractivity contribution in [2.24, 2.45) is 0 Å². The number of ether oxygens (including phenoxy) is 2. The molecule has 1 amide bonds. The Bertz CT molecular complexity index is 520. The Morgan fingerprint density at radius 3 is 2.52 bits per heavy atom. The number of halogens is 1. The van der Waals surface area contributed by atoms with Crippen LogP contribution in [0.1, 0.15) is 24.9 Å². The summed E-state index contributed by atoms with van der Waals surface area (Å²) in [7, 11) is 2.87. The minimum absolute atomic E-state index is 0.118. The molecule has 0 fully saturated rings. The highest BCUT2D eigenvalue weighted by Gasteiger charge is 2.30. The number of rotatable bonds is 8. The van der Waals surface area contributed by atoms with Gasteiger partial charge in [-0.2, -0.15) is 0 Å². The number of methoxy groups -OCH3 is 2. The summed E-state index contributed by atoms with van der Waals surface area (Å²) >= 11 is 6.22. The van der Waals surface area contributed by atoms with Crippen molar-refractivity contribution in [3.63, 3.8) is 0 Å². The lowest BCUT2D eigenvalue weighted by atomic mass is 10.0. The number of hydrogen-bond acceptors (Lipinski definition) is 4. The molecule has 0 aliphatic rings. The molecule has 0 aliphatic carbocycles. The van der Waals surface area contributed by atoms with Gasteiger partial charge < -0.3 is 19.5 Å². The second kappa shape index (κ2) is 7.73. The highest BCUT2D eigenvalue weighted by Crippen LogP contribution is 2.40. The van der Waals surface area contributed by atoms with Crippen molar-refractivity contribution >= 4 is 24.0 Å². The number of aliphatic carboxylic acids is 1. The fourth-order valence-electron chi connectivity index (χ4n) is 2.07. The van der Waals surface area contributed by atoms with Gasteiger partial charge in [-0.1, -0.05) is 24.6 Å². The highest BCUT2D eigenvalue weighted by molar-refractivity contribution is 6.33. The van der Waals surface area contributed by atoms with Gasteiger partial charge in [-0.25, -0.2) is 4.79 Å². The Morgan fingerprint density at radius 1 is 1.43 bits per heavy atom. The predicted octanol–water partition coefficient (Wildman–Crippen LogP) is 2.35. The molecule has 1 atom stereocenters. The normalized spacial score (nSPS) is 11.6. The fraction of sp³-hybridized carbons (Fsp3) is 0.429. The number of carboxylic acid groups (broad SMARTS) is 1. The molecule has 0 aromatic heterocycles. The first-order valence-corrected chi connectivity index (χ1v) is 6.73. The van der Waals surface area contributed by atoms with Crippen LogP contribution in [0.3, 0.4) is 0 Å². The molecular weight excluding hydrogens is 298 g/mol. The average molecular weight is 316 g/mol. The minimum Gasteiger partial charge on any atom is -0.493 e. The number of nitrogens with zero attached hydrogens (tertiary/aromatic N) is 1. The summed E-state index contributed by atoms with van der Waals surface area (Å²) in [5.41, 5.74) is 0.280. The highest BCUT2D eigenvalue weighted by atomic mass is 35.5. The molecule has 0 heterocycles. The number of benzene rings is 1. The van der Waals surface area contributed by atoms with Crippen LogP contribution in [-0.2, 0) is 9.59 Å². The maximum atomic E-state index is 11.6. The van der Waals surface area contributed by atoms with Crippen LogP contribution in [0.15, 0.2) is 12.1 Å². The van der Waals surface area contributed by atoms with E-state index >= 15 is 0 Å². The standard InChI is InChI=1S/C14H18ClNO5/c1-4-7-16(8-17)12(14(18)19)9-5-6-10(20-2)13(21-3)11(9)15/h5-6,8,12H,4,7H2,1-3H3,(H,18,19). The predicted molar refractivity (Wildman–Crippen MR) is 78.0 cm³/mol. The van der Waals surface area contributed by atoms with Crippen molar-refractivity contribution in [3.8, 4) is 11.5 Å². The largest absolute Gasteiger partial charge is 0.493 e. The number of amides is 1. The third kappa shape index (κ3) is 3.58. The Balaban J connectivity index is 3.38. The average Bonchev–Trinajstić information content (AvgIpc) is 2.47. The van der Waals surface area contributed by atoms with Crippen LogP contribution in [0, 0.1) is 0 Å². The maximum absolute atomic E-state index is 11.6. The first-order valence-electron chi connectivity index (χ1n) is 6.35. The third-order valence-corrected chi connectivity index (χ3v) is 3.38. The zero-order chi connectivity index (χ0) is 16.0. The van der Waals surface area contributed by atoms with Gasteiger partial charge in [0.1, 0.15) is 0 Å². The van der Waals surface area contributed by atoms with Crippen LogP contribution >= 0.6 is 11.6 Å². The van der Waals surface area contributed by atoms with E-state index in [9.17, 15) is 14.7 Å². The third-order valence-electron chi connectivity index (χ3n) is 2.99. The molecule has 0 saturated heterocycles. The first-order chi connectivity index (χ1) is 10.0. The number of carboxylic acids is 1. The topological polar surface area (TPSA) is 76.1 Å². The molecule has 1 aromatic rings. The molecule has 0 spiro atoms. The lowest BCUT2D eigenvalue weighted by molar-refractivity contribution is -0.146. The second-order valence-corrected chi connectivity index (χ2v) is 4.67.